The summed E-state index contributed by atoms with van der Waals surface area (Å²) in [5.41, 5.74) is 0.919. The van der Waals surface area contributed by atoms with Crippen molar-refractivity contribution < 1.29 is 76.1 Å². The molecular weight excluding hydrogens is 1050 g/mol. The normalized spacial score (nSPS) is 25.1. The molecule has 3 aliphatic heterocycles. The fraction of sp³-hybridized carbons (Fsp3) is 0.250. The largest absolute Gasteiger partial charge is 0.459 e. The van der Waals surface area contributed by atoms with Gasteiger partial charge in [-0.25, -0.2) is 24.0 Å². The molecule has 1 unspecified atom stereocenters. The average Bonchev–Trinajstić information content (AvgIpc) is 3.50. The fourth-order valence-corrected chi connectivity index (χ4v) is 8.58. The summed E-state index contributed by atoms with van der Waals surface area (Å²) in [7, 11) is 0. The third-order valence-electron chi connectivity index (χ3n) is 12.1. The van der Waals surface area contributed by atoms with Gasteiger partial charge in [-0.3, -0.25) is 5.41 Å². The highest BCUT2D eigenvalue weighted by molar-refractivity contribution is 6.76. The molecule has 9 rings (SSSR count). The van der Waals surface area contributed by atoms with Gasteiger partial charge in [0, 0.05) is 5.56 Å². The molecule has 1 N–H and O–H groups in total. The Balaban J connectivity index is 1.19. The van der Waals surface area contributed by atoms with E-state index in [2.05, 4.69) is 0 Å². The monoisotopic (exact) mass is 1090 g/mol. The van der Waals surface area contributed by atoms with Gasteiger partial charge in [0.1, 0.15) is 31.0 Å². The Hall–Kier alpha value is -7.19. The number of hydrogen-bond acceptors (Lipinski definition) is 17. The van der Waals surface area contributed by atoms with Gasteiger partial charge in [-0.2, -0.15) is 0 Å². The van der Waals surface area contributed by atoms with Gasteiger partial charge in [0.05, 0.1) is 34.4 Å². The molecule has 3 fully saturated rings. The quantitative estimate of drug-likeness (QED) is 0.0334. The number of nitrogens with one attached hydrogen (secondary N) is 1. The van der Waals surface area contributed by atoms with E-state index in [0.29, 0.717) is 5.56 Å². The van der Waals surface area contributed by atoms with E-state index in [1.807, 2.05) is 0 Å². The first kappa shape index (κ1) is 53.6. The number of carbonyl (C=O) groups is 5. The van der Waals surface area contributed by atoms with Gasteiger partial charge in [0.25, 0.3) is 3.79 Å². The van der Waals surface area contributed by atoms with Gasteiger partial charge in [0.15, 0.2) is 37.0 Å². The number of benzene rings is 6. The van der Waals surface area contributed by atoms with Crippen LogP contribution < -0.4 is 0 Å². The third-order valence-corrected chi connectivity index (χ3v) is 12.6. The summed E-state index contributed by atoms with van der Waals surface area (Å²) in [6.07, 6.45) is -18.0. The SMILES string of the molecule is N=C(O[C@H]1O[C@@H]2COC(c3ccccc3)O[C@H]2[C@H](O[C@@H]2O[C@H](COC(=O)c3ccccc3)[C@@H](OC(=O)c3ccccc3)[C@H](OC(=O)c3ccccc3)[C@H]2OC(=O)c2ccccc2)[C@H]1OC(=O)c1ccccc1)C(Cl)(Cl)Cl. The number of esters is 5. The van der Waals surface area contributed by atoms with Crippen LogP contribution in [-0.2, 0) is 52.1 Å². The highest BCUT2D eigenvalue weighted by Gasteiger charge is 2.59. The number of rotatable bonds is 15. The third kappa shape index (κ3) is 13.1. The van der Waals surface area contributed by atoms with Gasteiger partial charge >= 0.3 is 29.8 Å². The lowest BCUT2D eigenvalue weighted by Gasteiger charge is -2.51. The van der Waals surface area contributed by atoms with E-state index >= 15 is 0 Å². The fourth-order valence-electron chi connectivity index (χ4n) is 8.44. The summed E-state index contributed by atoms with van der Waals surface area (Å²) in [5.74, 6) is -5.57. The Morgan fingerprint density at radius 1 is 0.461 bits per heavy atom. The Bertz CT molecular complexity index is 2940. The molecule has 0 bridgehead atoms. The molecule has 0 aromatic heterocycles. The predicted molar refractivity (Wildman–Crippen MR) is 271 cm³/mol. The van der Waals surface area contributed by atoms with Gasteiger partial charge < -0.3 is 52.1 Å². The van der Waals surface area contributed by atoms with Crippen LogP contribution in [0.2, 0.25) is 0 Å². The average molecular weight is 1100 g/mol. The van der Waals surface area contributed by atoms with Crippen molar-refractivity contribution in [1.29, 1.82) is 5.41 Å². The summed E-state index contributed by atoms with van der Waals surface area (Å²) in [5, 5.41) is 8.62. The molecule has 0 aliphatic carbocycles. The number of ether oxygens (including phenoxy) is 11. The number of hydrogen-bond donors (Lipinski definition) is 1. The number of carbonyl (C=O) groups excluding carboxylic acids is 5. The van der Waals surface area contributed by atoms with Crippen molar-refractivity contribution in [3.8, 4) is 0 Å². The lowest BCUT2D eigenvalue weighted by atomic mass is 9.95. The Morgan fingerprint density at radius 3 is 1.30 bits per heavy atom. The van der Waals surface area contributed by atoms with Crippen LogP contribution in [-0.4, -0.2) is 114 Å². The van der Waals surface area contributed by atoms with Crippen molar-refractivity contribution in [3.63, 3.8) is 0 Å². The maximum absolute atomic E-state index is 14.5. The van der Waals surface area contributed by atoms with Crippen LogP contribution in [0.5, 0.6) is 0 Å². The van der Waals surface area contributed by atoms with E-state index in [0.717, 1.165) is 0 Å². The van der Waals surface area contributed by atoms with E-state index in [1.165, 1.54) is 60.7 Å². The van der Waals surface area contributed by atoms with Crippen molar-refractivity contribution >= 4 is 70.5 Å². The van der Waals surface area contributed by atoms with Crippen molar-refractivity contribution in [2.75, 3.05) is 13.2 Å². The number of fused-ring (bicyclic) bond motifs is 1. The first-order valence-corrected chi connectivity index (χ1v) is 24.8. The molecule has 11 atom stereocenters. The van der Waals surface area contributed by atoms with Crippen LogP contribution in [0, 0.1) is 5.41 Å². The molecular formula is C56H46Cl3NO16. The van der Waals surface area contributed by atoms with E-state index in [4.69, 9.17) is 92.3 Å². The highest BCUT2D eigenvalue weighted by atomic mass is 35.6. The Morgan fingerprint density at radius 2 is 0.855 bits per heavy atom. The topological polar surface area (TPSA) is 211 Å². The highest BCUT2D eigenvalue weighted by Crippen LogP contribution is 2.41. The van der Waals surface area contributed by atoms with Crippen molar-refractivity contribution in [2.24, 2.45) is 0 Å². The summed E-state index contributed by atoms with van der Waals surface area (Å²) < 4.78 is 67.2. The van der Waals surface area contributed by atoms with Crippen molar-refractivity contribution in [2.45, 2.75) is 71.5 Å². The molecule has 17 nitrogen and oxygen atoms in total. The second kappa shape index (κ2) is 24.7. The molecule has 0 spiro atoms. The zero-order chi connectivity index (χ0) is 53.2. The Kier molecular flexibility index (Phi) is 17.4. The van der Waals surface area contributed by atoms with Crippen LogP contribution in [0.1, 0.15) is 63.6 Å². The van der Waals surface area contributed by atoms with Crippen molar-refractivity contribution in [1.82, 2.24) is 0 Å². The minimum atomic E-state index is -2.46. The second-order valence-electron chi connectivity index (χ2n) is 17.2. The smallest absolute Gasteiger partial charge is 0.338 e. The van der Waals surface area contributed by atoms with Crippen LogP contribution in [0.15, 0.2) is 182 Å². The second-order valence-corrected chi connectivity index (χ2v) is 19.5. The summed E-state index contributed by atoms with van der Waals surface area (Å²) in [4.78, 5) is 71.0. The first-order chi connectivity index (χ1) is 36.8. The van der Waals surface area contributed by atoms with Crippen LogP contribution in [0.3, 0.4) is 0 Å². The maximum atomic E-state index is 14.5. The molecule has 392 valence electrons. The van der Waals surface area contributed by atoms with E-state index in [-0.39, 0.29) is 34.4 Å². The van der Waals surface area contributed by atoms with Crippen LogP contribution in [0.25, 0.3) is 0 Å². The van der Waals surface area contributed by atoms with Crippen LogP contribution >= 0.6 is 34.8 Å². The van der Waals surface area contributed by atoms with Gasteiger partial charge in [-0.05, 0) is 60.7 Å². The molecule has 20 heteroatoms. The summed E-state index contributed by atoms with van der Waals surface area (Å²) >= 11 is 18.4. The van der Waals surface area contributed by atoms with E-state index in [1.54, 1.807) is 121 Å². The summed E-state index contributed by atoms with van der Waals surface area (Å²) in [6.45, 7) is -0.923. The lowest BCUT2D eigenvalue weighted by Crippen LogP contribution is -2.68. The minimum absolute atomic E-state index is 0.0316. The molecule has 6 aromatic rings. The lowest BCUT2D eigenvalue weighted by molar-refractivity contribution is -0.385. The minimum Gasteiger partial charge on any atom is -0.459 e. The maximum Gasteiger partial charge on any atom is 0.338 e. The molecule has 6 aromatic carbocycles. The van der Waals surface area contributed by atoms with Gasteiger partial charge in [0.2, 0.25) is 12.2 Å². The van der Waals surface area contributed by atoms with Gasteiger partial charge in [-0.15, -0.1) is 0 Å². The Labute approximate surface area is 450 Å². The molecule has 0 amide bonds. The molecule has 0 saturated carbocycles. The van der Waals surface area contributed by atoms with E-state index in [9.17, 15) is 24.0 Å². The molecule has 0 radical (unpaired) electrons. The van der Waals surface area contributed by atoms with Crippen molar-refractivity contribution in [3.05, 3.63) is 215 Å². The number of alkyl halides is 3. The van der Waals surface area contributed by atoms with E-state index < -0.39 is 114 Å². The standard InChI is InChI=1S/C56H46Cl3NO16/c57-56(58,59)55(60)76-54-46(73-51(65)37-27-15-5-16-28-37)44(42-40(69-54)32-67-52(74-42)38-29-17-6-18-30-38)75-53-45(72-50(64)36-25-13-4-14-26-36)43(71-49(63)35-23-11-3-12-24-35)41(70-48(62)34-21-9-2-10-22-34)39(68-53)31-66-47(61)33-19-7-1-8-20-33/h1-30,39-46,52-54,60H,31-32H2/t39-,40-,41-,42-,43+,44+,45-,46-,52?,53+,54-/m1/s1. The molecule has 3 saturated heterocycles. The zero-order valence-electron chi connectivity index (χ0n) is 39.8. The molecule has 76 heavy (non-hydrogen) atoms. The first-order valence-electron chi connectivity index (χ1n) is 23.7. The van der Waals surface area contributed by atoms with Crippen LogP contribution in [0.4, 0.5) is 0 Å². The zero-order valence-corrected chi connectivity index (χ0v) is 42.0. The number of halogens is 3. The van der Waals surface area contributed by atoms with Gasteiger partial charge in [-0.1, -0.05) is 156 Å². The predicted octanol–water partition coefficient (Wildman–Crippen LogP) is 9.06. The molecule has 3 aliphatic rings. The summed E-state index contributed by atoms with van der Waals surface area (Å²) in [6, 6.07) is 48.1. The molecule has 3 heterocycles.